The standard InChI is InChI=1S/C17H20N6O5S2/c1-7(24)19-17-21-20-13(30-17)9-6-29-15-12(14(26)23(15)11(9)16(27)28)22(10(25)5-18)8-3-2-4-8/h8,12,15H,2-6,18H2,1H3,(H,27,28)(H,19,21,24)/t12?,15-/m0/s1. The number of hydrogen-bond donors (Lipinski definition) is 3. The molecule has 0 spiro atoms. The van der Waals surface area contributed by atoms with Crippen LogP contribution >= 0.6 is 23.1 Å². The summed E-state index contributed by atoms with van der Waals surface area (Å²) in [6.45, 7) is 1.14. The van der Waals surface area contributed by atoms with E-state index in [1.807, 2.05) is 0 Å². The van der Waals surface area contributed by atoms with Crippen molar-refractivity contribution in [1.29, 1.82) is 0 Å². The van der Waals surface area contributed by atoms with E-state index >= 15 is 0 Å². The summed E-state index contributed by atoms with van der Waals surface area (Å²) < 4.78 is 0. The van der Waals surface area contributed by atoms with E-state index in [0.29, 0.717) is 10.6 Å². The van der Waals surface area contributed by atoms with Crippen LogP contribution in [0.15, 0.2) is 5.70 Å². The molecule has 0 radical (unpaired) electrons. The zero-order valence-corrected chi connectivity index (χ0v) is 17.7. The van der Waals surface area contributed by atoms with E-state index < -0.39 is 23.3 Å². The molecule has 1 aromatic heterocycles. The third-order valence-electron chi connectivity index (χ3n) is 5.34. The molecule has 1 unspecified atom stereocenters. The highest BCUT2D eigenvalue weighted by Gasteiger charge is 2.58. The van der Waals surface area contributed by atoms with Gasteiger partial charge in [0.1, 0.15) is 22.1 Å². The van der Waals surface area contributed by atoms with Crippen LogP contribution in [0.4, 0.5) is 5.13 Å². The highest BCUT2D eigenvalue weighted by atomic mass is 32.2. The second-order valence-electron chi connectivity index (χ2n) is 7.17. The topological polar surface area (TPSA) is 159 Å². The van der Waals surface area contributed by atoms with Crippen LogP contribution in [0.2, 0.25) is 0 Å². The molecule has 2 atom stereocenters. The van der Waals surface area contributed by atoms with Gasteiger partial charge in [-0.05, 0) is 19.3 Å². The molecule has 3 aliphatic rings. The van der Waals surface area contributed by atoms with Crippen molar-refractivity contribution in [3.63, 3.8) is 0 Å². The van der Waals surface area contributed by atoms with Crippen molar-refractivity contribution in [1.82, 2.24) is 20.0 Å². The Balaban J connectivity index is 1.65. The van der Waals surface area contributed by atoms with Gasteiger partial charge in [0, 0.05) is 24.3 Å². The lowest BCUT2D eigenvalue weighted by molar-refractivity contribution is -0.163. The maximum Gasteiger partial charge on any atom is 0.353 e. The van der Waals surface area contributed by atoms with E-state index in [1.165, 1.54) is 23.6 Å². The molecule has 13 heteroatoms. The molecular formula is C17H20N6O5S2. The zero-order valence-electron chi connectivity index (χ0n) is 16.0. The Hall–Kier alpha value is -2.51. The molecule has 1 saturated heterocycles. The SMILES string of the molecule is CC(=O)Nc1nnc(C2=C(C(=O)O)N3C(=O)C(N(C(=O)CN)C4CCC4)[C@@H]3SC2)s1. The summed E-state index contributed by atoms with van der Waals surface area (Å²) >= 11 is 2.42. The number of aliphatic carboxylic acids is 1. The Bertz CT molecular complexity index is 958. The molecular weight excluding hydrogens is 432 g/mol. The van der Waals surface area contributed by atoms with Crippen LogP contribution in [0, 0.1) is 0 Å². The number of nitrogens with two attached hydrogens (primary N) is 1. The van der Waals surface area contributed by atoms with Crippen molar-refractivity contribution in [3.05, 3.63) is 10.7 Å². The molecule has 4 rings (SSSR count). The molecule has 0 bridgehead atoms. The maximum absolute atomic E-state index is 13.0. The molecule has 1 aromatic rings. The molecule has 160 valence electrons. The van der Waals surface area contributed by atoms with Crippen molar-refractivity contribution in [2.75, 3.05) is 17.6 Å². The van der Waals surface area contributed by atoms with Gasteiger partial charge in [-0.2, -0.15) is 0 Å². The van der Waals surface area contributed by atoms with E-state index in [1.54, 1.807) is 4.90 Å². The van der Waals surface area contributed by atoms with E-state index in [0.717, 1.165) is 30.6 Å². The molecule has 0 aromatic carbocycles. The highest BCUT2D eigenvalue weighted by Crippen LogP contribution is 2.47. The first kappa shape index (κ1) is 20.8. The summed E-state index contributed by atoms with van der Waals surface area (Å²) in [5, 5.41) is 20.3. The van der Waals surface area contributed by atoms with Gasteiger partial charge in [0.2, 0.25) is 16.9 Å². The molecule has 3 heterocycles. The third kappa shape index (κ3) is 3.36. The van der Waals surface area contributed by atoms with Gasteiger partial charge in [-0.15, -0.1) is 22.0 Å². The number of carboxylic acid groups (broad SMARTS) is 1. The van der Waals surface area contributed by atoms with Crippen molar-refractivity contribution in [3.8, 4) is 0 Å². The van der Waals surface area contributed by atoms with Gasteiger partial charge in [0.05, 0.1) is 6.54 Å². The number of nitrogens with one attached hydrogen (secondary N) is 1. The van der Waals surface area contributed by atoms with Crippen LogP contribution < -0.4 is 11.1 Å². The lowest BCUT2D eigenvalue weighted by Crippen LogP contribution is -2.73. The molecule has 3 amide bonds. The first-order valence-corrected chi connectivity index (χ1v) is 11.2. The second-order valence-corrected chi connectivity index (χ2v) is 9.25. The minimum absolute atomic E-state index is 0.0280. The quantitative estimate of drug-likeness (QED) is 0.502. The summed E-state index contributed by atoms with van der Waals surface area (Å²) in [5.74, 6) is -2.00. The number of nitrogens with zero attached hydrogens (tertiary/aromatic N) is 4. The van der Waals surface area contributed by atoms with Crippen molar-refractivity contribution in [2.24, 2.45) is 5.73 Å². The number of carbonyl (C=O) groups is 4. The smallest absolute Gasteiger partial charge is 0.353 e. The molecule has 11 nitrogen and oxygen atoms in total. The van der Waals surface area contributed by atoms with Gasteiger partial charge in [-0.3, -0.25) is 19.3 Å². The Kier molecular flexibility index (Phi) is 5.51. The van der Waals surface area contributed by atoms with Crippen LogP contribution in [-0.2, 0) is 19.2 Å². The Morgan fingerprint density at radius 1 is 1.33 bits per heavy atom. The summed E-state index contributed by atoms with van der Waals surface area (Å²) in [5.41, 5.74) is 5.77. The number of thioether (sulfide) groups is 1. The van der Waals surface area contributed by atoms with Crippen molar-refractivity contribution < 1.29 is 24.3 Å². The molecule has 30 heavy (non-hydrogen) atoms. The summed E-state index contributed by atoms with van der Waals surface area (Å²) in [6.07, 6.45) is 2.62. The van der Waals surface area contributed by atoms with Gasteiger partial charge in [0.25, 0.3) is 5.91 Å². The van der Waals surface area contributed by atoms with E-state index in [9.17, 15) is 24.3 Å². The molecule has 2 aliphatic heterocycles. The molecule has 4 N–H and O–H groups in total. The lowest BCUT2D eigenvalue weighted by Gasteiger charge is -2.55. The summed E-state index contributed by atoms with van der Waals surface area (Å²) in [6, 6.07) is -0.739. The predicted octanol–water partition coefficient (Wildman–Crippen LogP) is -0.0843. The number of fused-ring (bicyclic) bond motifs is 1. The van der Waals surface area contributed by atoms with Crippen molar-refractivity contribution in [2.45, 2.75) is 43.6 Å². The largest absolute Gasteiger partial charge is 0.477 e. The Labute approximate surface area is 179 Å². The van der Waals surface area contributed by atoms with Crippen LogP contribution in [0.1, 0.15) is 31.2 Å². The minimum Gasteiger partial charge on any atom is -0.477 e. The number of amides is 3. The van der Waals surface area contributed by atoms with E-state index in [2.05, 4.69) is 15.5 Å². The van der Waals surface area contributed by atoms with Gasteiger partial charge in [-0.1, -0.05) is 11.3 Å². The fourth-order valence-corrected chi connectivity index (χ4v) is 6.11. The lowest BCUT2D eigenvalue weighted by atomic mass is 9.88. The number of anilines is 1. The number of carboxylic acids is 1. The van der Waals surface area contributed by atoms with E-state index in [4.69, 9.17) is 5.73 Å². The fourth-order valence-electron chi connectivity index (χ4n) is 3.79. The van der Waals surface area contributed by atoms with Gasteiger partial charge < -0.3 is 21.1 Å². The number of carbonyl (C=O) groups excluding carboxylic acids is 3. The number of aromatic nitrogens is 2. The normalized spacial score (nSPS) is 23.4. The monoisotopic (exact) mass is 452 g/mol. The predicted molar refractivity (Wildman–Crippen MR) is 109 cm³/mol. The second kappa shape index (κ2) is 7.96. The molecule has 1 saturated carbocycles. The van der Waals surface area contributed by atoms with Gasteiger partial charge >= 0.3 is 5.97 Å². The first-order valence-electron chi connectivity index (χ1n) is 9.37. The van der Waals surface area contributed by atoms with Crippen LogP contribution in [-0.4, -0.2) is 78.5 Å². The fraction of sp³-hybridized carbons (Fsp3) is 0.529. The number of β-lactam (4-membered cyclic amide) rings is 1. The molecule has 2 fully saturated rings. The van der Waals surface area contributed by atoms with Crippen LogP contribution in [0.3, 0.4) is 0 Å². The zero-order chi connectivity index (χ0) is 21.6. The maximum atomic E-state index is 13.0. The van der Waals surface area contributed by atoms with Crippen LogP contribution in [0.25, 0.3) is 5.57 Å². The van der Waals surface area contributed by atoms with Gasteiger partial charge in [-0.25, -0.2) is 4.79 Å². The minimum atomic E-state index is -1.25. The Morgan fingerprint density at radius 3 is 2.63 bits per heavy atom. The average molecular weight is 453 g/mol. The van der Waals surface area contributed by atoms with Crippen molar-refractivity contribution >= 4 is 57.5 Å². The first-order chi connectivity index (χ1) is 14.3. The number of hydrogen-bond acceptors (Lipinski definition) is 9. The van der Waals surface area contributed by atoms with E-state index in [-0.39, 0.29) is 41.0 Å². The Morgan fingerprint density at radius 2 is 2.07 bits per heavy atom. The highest BCUT2D eigenvalue weighted by molar-refractivity contribution is 8.00. The average Bonchev–Trinajstić information content (AvgIpc) is 3.11. The number of rotatable bonds is 6. The summed E-state index contributed by atoms with van der Waals surface area (Å²) in [7, 11) is 0. The third-order valence-corrected chi connectivity index (χ3v) is 7.50. The van der Waals surface area contributed by atoms with Crippen LogP contribution in [0.5, 0.6) is 0 Å². The van der Waals surface area contributed by atoms with Gasteiger partial charge in [0.15, 0.2) is 0 Å². The molecule has 1 aliphatic carbocycles. The summed E-state index contributed by atoms with van der Waals surface area (Å²) in [4.78, 5) is 51.5.